The van der Waals surface area contributed by atoms with E-state index in [4.69, 9.17) is 19.9 Å². The van der Waals surface area contributed by atoms with Gasteiger partial charge in [0.1, 0.15) is 0 Å². The van der Waals surface area contributed by atoms with Gasteiger partial charge in [0.2, 0.25) is 5.75 Å². The molecule has 172 valence electrons. The smallest absolute Gasteiger partial charge is 0.255 e. The van der Waals surface area contributed by atoms with E-state index in [-0.39, 0.29) is 40.9 Å². The molecule has 0 heterocycles. The van der Waals surface area contributed by atoms with E-state index < -0.39 is 11.8 Å². The van der Waals surface area contributed by atoms with Crippen molar-refractivity contribution >= 4 is 23.4 Å². The van der Waals surface area contributed by atoms with Gasteiger partial charge in [-0.1, -0.05) is 6.92 Å². The number of anilines is 1. The lowest BCUT2D eigenvalue weighted by Gasteiger charge is -2.24. The highest BCUT2D eigenvalue weighted by Gasteiger charge is 2.20. The normalized spacial score (nSPS) is 10.8. The fourth-order valence-corrected chi connectivity index (χ4v) is 2.67. The van der Waals surface area contributed by atoms with Crippen LogP contribution < -0.4 is 30.6 Å². The van der Waals surface area contributed by atoms with Crippen LogP contribution >= 0.6 is 0 Å². The van der Waals surface area contributed by atoms with Crippen molar-refractivity contribution in [2.24, 2.45) is 5.73 Å². The number of methoxy groups -OCH3 is 2. The lowest BCUT2D eigenvalue weighted by atomic mass is 10.0. The fourth-order valence-electron chi connectivity index (χ4n) is 2.67. The second-order valence-electron chi connectivity index (χ2n) is 7.69. The number of hydrogen-bond donors (Lipinski definition) is 3. The van der Waals surface area contributed by atoms with E-state index in [9.17, 15) is 14.4 Å². The van der Waals surface area contributed by atoms with Gasteiger partial charge in [-0.15, -0.1) is 0 Å². The van der Waals surface area contributed by atoms with Crippen molar-refractivity contribution < 1.29 is 28.6 Å². The molecule has 9 heteroatoms. The monoisotopic (exact) mass is 443 g/mol. The molecule has 0 bridgehead atoms. The van der Waals surface area contributed by atoms with E-state index in [0.29, 0.717) is 11.3 Å². The van der Waals surface area contributed by atoms with Gasteiger partial charge in [0.25, 0.3) is 17.7 Å². The Kier molecular flexibility index (Phi) is 8.06. The number of primary amides is 1. The van der Waals surface area contributed by atoms with Gasteiger partial charge < -0.3 is 30.6 Å². The molecule has 0 saturated heterocycles. The average molecular weight is 444 g/mol. The summed E-state index contributed by atoms with van der Waals surface area (Å²) in [5, 5.41) is 5.72. The Morgan fingerprint density at radius 1 is 0.938 bits per heavy atom. The first-order valence-corrected chi connectivity index (χ1v) is 10.0. The topological polar surface area (TPSA) is 129 Å². The van der Waals surface area contributed by atoms with E-state index in [1.54, 1.807) is 24.3 Å². The summed E-state index contributed by atoms with van der Waals surface area (Å²) >= 11 is 0. The summed E-state index contributed by atoms with van der Waals surface area (Å²) in [6.45, 7) is 5.53. The van der Waals surface area contributed by atoms with Crippen LogP contribution in [0.25, 0.3) is 0 Å². The highest BCUT2D eigenvalue weighted by atomic mass is 16.5. The Bertz CT molecular complexity index is 961. The van der Waals surface area contributed by atoms with Crippen molar-refractivity contribution in [1.82, 2.24) is 5.32 Å². The van der Waals surface area contributed by atoms with Crippen LogP contribution in [0.1, 0.15) is 47.9 Å². The van der Waals surface area contributed by atoms with Gasteiger partial charge in [0.05, 0.1) is 14.2 Å². The molecule has 0 atom stereocenters. The molecule has 9 nitrogen and oxygen atoms in total. The Balaban J connectivity index is 2.18. The number of carbonyl (C=O) groups excluding carboxylic acids is 3. The summed E-state index contributed by atoms with van der Waals surface area (Å²) in [7, 11) is 2.80. The summed E-state index contributed by atoms with van der Waals surface area (Å²) in [5.74, 6) is -0.687. The summed E-state index contributed by atoms with van der Waals surface area (Å²) < 4.78 is 15.9. The first-order valence-electron chi connectivity index (χ1n) is 10.0. The number of carbonyl (C=O) groups is 3. The number of nitrogens with one attached hydrogen (secondary N) is 2. The van der Waals surface area contributed by atoms with Crippen LogP contribution in [0.5, 0.6) is 17.2 Å². The van der Waals surface area contributed by atoms with Crippen LogP contribution in [-0.2, 0) is 4.79 Å². The fraction of sp³-hybridized carbons (Fsp3) is 0.348. The summed E-state index contributed by atoms with van der Waals surface area (Å²) in [6, 6.07) is 9.48. The van der Waals surface area contributed by atoms with Gasteiger partial charge in [0.15, 0.2) is 18.1 Å². The third kappa shape index (κ3) is 6.37. The zero-order chi connectivity index (χ0) is 23.9. The number of ether oxygens (including phenoxy) is 3. The van der Waals surface area contributed by atoms with Gasteiger partial charge in [-0.3, -0.25) is 14.4 Å². The lowest BCUT2D eigenvalue weighted by Crippen LogP contribution is -2.42. The van der Waals surface area contributed by atoms with Crippen LogP contribution in [0, 0.1) is 0 Å². The maximum Gasteiger partial charge on any atom is 0.255 e. The summed E-state index contributed by atoms with van der Waals surface area (Å²) in [4.78, 5) is 36.2. The van der Waals surface area contributed by atoms with E-state index in [2.05, 4.69) is 10.6 Å². The molecule has 0 unspecified atom stereocenters. The number of nitrogens with two attached hydrogens (primary N) is 1. The molecule has 0 aromatic heterocycles. The highest BCUT2D eigenvalue weighted by Crippen LogP contribution is 2.38. The third-order valence-electron chi connectivity index (χ3n) is 4.82. The first kappa shape index (κ1) is 24.5. The predicted octanol–water partition coefficient (Wildman–Crippen LogP) is 2.74. The van der Waals surface area contributed by atoms with E-state index in [0.717, 1.165) is 6.42 Å². The molecule has 3 amide bonds. The second-order valence-corrected chi connectivity index (χ2v) is 7.69. The van der Waals surface area contributed by atoms with Crippen molar-refractivity contribution in [3.63, 3.8) is 0 Å². The van der Waals surface area contributed by atoms with Gasteiger partial charge >= 0.3 is 0 Å². The maximum atomic E-state index is 12.8. The molecule has 0 aliphatic rings. The van der Waals surface area contributed by atoms with Crippen molar-refractivity contribution in [3.05, 3.63) is 47.5 Å². The van der Waals surface area contributed by atoms with Crippen molar-refractivity contribution in [1.29, 1.82) is 0 Å². The second kappa shape index (κ2) is 10.5. The molecule has 0 aliphatic carbocycles. The van der Waals surface area contributed by atoms with Crippen LogP contribution in [0.2, 0.25) is 0 Å². The Labute approximate surface area is 187 Å². The first-order chi connectivity index (χ1) is 15.1. The standard InChI is InChI=1S/C23H29N3O6/c1-6-23(2,3)26-22(29)14-7-9-16(10-8-14)25-21(28)15-11-17(30-4)20(18(12-15)31-5)32-13-19(24)27/h7-12H,6,13H2,1-5H3,(H2,24,27)(H,25,28)(H,26,29). The van der Waals surface area contributed by atoms with E-state index in [1.165, 1.54) is 26.4 Å². The molecule has 2 aromatic carbocycles. The molecular weight excluding hydrogens is 414 g/mol. The van der Waals surface area contributed by atoms with Gasteiger partial charge in [-0.2, -0.15) is 0 Å². The van der Waals surface area contributed by atoms with Crippen molar-refractivity contribution in [2.45, 2.75) is 32.7 Å². The number of hydrogen-bond acceptors (Lipinski definition) is 6. The molecule has 32 heavy (non-hydrogen) atoms. The Morgan fingerprint density at radius 3 is 1.97 bits per heavy atom. The number of rotatable bonds is 10. The van der Waals surface area contributed by atoms with Crippen LogP contribution in [0.15, 0.2) is 36.4 Å². The molecule has 0 spiro atoms. The molecular formula is C23H29N3O6. The lowest BCUT2D eigenvalue weighted by molar-refractivity contribution is -0.120. The maximum absolute atomic E-state index is 12.8. The minimum atomic E-state index is -0.661. The highest BCUT2D eigenvalue weighted by molar-refractivity contribution is 6.05. The number of amides is 3. The van der Waals surface area contributed by atoms with E-state index >= 15 is 0 Å². The average Bonchev–Trinajstić information content (AvgIpc) is 2.77. The SMILES string of the molecule is CCC(C)(C)NC(=O)c1ccc(NC(=O)c2cc(OC)c(OCC(N)=O)c(OC)c2)cc1. The minimum absolute atomic E-state index is 0.163. The molecule has 0 fully saturated rings. The van der Waals surface area contributed by atoms with Crippen LogP contribution in [0.3, 0.4) is 0 Å². The van der Waals surface area contributed by atoms with Crippen LogP contribution in [-0.4, -0.2) is 44.1 Å². The van der Waals surface area contributed by atoms with E-state index in [1.807, 2.05) is 20.8 Å². The molecule has 0 saturated carbocycles. The van der Waals surface area contributed by atoms with Crippen LogP contribution in [0.4, 0.5) is 5.69 Å². The van der Waals surface area contributed by atoms with Gasteiger partial charge in [0, 0.05) is 22.4 Å². The molecule has 2 rings (SSSR count). The molecule has 0 radical (unpaired) electrons. The van der Waals surface area contributed by atoms with Gasteiger partial charge in [-0.25, -0.2) is 0 Å². The van der Waals surface area contributed by atoms with Crippen molar-refractivity contribution in [3.8, 4) is 17.2 Å². The Morgan fingerprint density at radius 2 is 1.50 bits per heavy atom. The quantitative estimate of drug-likeness (QED) is 0.518. The van der Waals surface area contributed by atoms with Crippen molar-refractivity contribution in [2.75, 3.05) is 26.1 Å². The van der Waals surface area contributed by atoms with Gasteiger partial charge in [-0.05, 0) is 56.7 Å². The number of benzene rings is 2. The summed E-state index contributed by atoms with van der Waals surface area (Å²) in [6.07, 6.45) is 0.798. The summed E-state index contributed by atoms with van der Waals surface area (Å²) in [5.41, 5.74) is 6.05. The predicted molar refractivity (Wildman–Crippen MR) is 120 cm³/mol. The zero-order valence-electron chi connectivity index (χ0n) is 18.9. The zero-order valence-corrected chi connectivity index (χ0v) is 18.9. The Hall–Kier alpha value is -3.75. The molecule has 2 aromatic rings. The largest absolute Gasteiger partial charge is 0.493 e. The molecule has 0 aliphatic heterocycles. The molecule has 4 N–H and O–H groups in total. The third-order valence-corrected chi connectivity index (χ3v) is 4.82. The minimum Gasteiger partial charge on any atom is -0.493 e.